The van der Waals surface area contributed by atoms with Crippen LogP contribution in [-0.2, 0) is 14.8 Å². The van der Waals surface area contributed by atoms with Crippen LogP contribution in [0.1, 0.15) is 10.5 Å². The Morgan fingerprint density at radius 2 is 2.16 bits per heavy atom. The number of halogens is 1. The maximum absolute atomic E-state index is 12.5. The van der Waals surface area contributed by atoms with Gasteiger partial charge in [-0.2, -0.15) is 0 Å². The molecular weight excluding hydrogens is 366 g/mol. The van der Waals surface area contributed by atoms with Crippen LogP contribution in [0.3, 0.4) is 0 Å². The molecule has 1 aromatic carbocycles. The van der Waals surface area contributed by atoms with Crippen LogP contribution >= 0.6 is 11.6 Å². The van der Waals surface area contributed by atoms with Crippen molar-refractivity contribution in [1.29, 1.82) is 0 Å². The first-order valence-corrected chi connectivity index (χ1v) is 9.82. The molecule has 1 fully saturated rings. The summed E-state index contributed by atoms with van der Waals surface area (Å²) in [6, 6.07) is 6.73. The highest BCUT2D eigenvalue weighted by Crippen LogP contribution is 2.24. The number of H-pyrrole nitrogens is 1. The Morgan fingerprint density at radius 1 is 1.40 bits per heavy atom. The average molecular weight is 386 g/mol. The minimum Gasteiger partial charge on any atom is -0.379 e. The van der Waals surface area contributed by atoms with Crippen LogP contribution in [0.15, 0.2) is 24.3 Å². The number of ether oxygens (including phenoxy) is 1. The van der Waals surface area contributed by atoms with Crippen LogP contribution in [0.5, 0.6) is 0 Å². The first-order valence-electron chi connectivity index (χ1n) is 7.84. The van der Waals surface area contributed by atoms with Crippen LogP contribution in [-0.4, -0.2) is 62.7 Å². The number of nitrogens with one attached hydrogen (secondary N) is 2. The Labute approximate surface area is 151 Å². The second kappa shape index (κ2) is 6.95. The van der Waals surface area contributed by atoms with Gasteiger partial charge in [0.2, 0.25) is 10.0 Å². The van der Waals surface area contributed by atoms with Crippen molar-refractivity contribution >= 4 is 38.4 Å². The van der Waals surface area contributed by atoms with E-state index in [-0.39, 0.29) is 23.6 Å². The van der Waals surface area contributed by atoms with Gasteiger partial charge in [0.25, 0.3) is 5.91 Å². The third kappa shape index (κ3) is 3.82. The number of carbonyl (C=O) groups excluding carboxylic acids is 1. The molecule has 1 aromatic heterocycles. The van der Waals surface area contributed by atoms with E-state index >= 15 is 0 Å². The zero-order valence-corrected chi connectivity index (χ0v) is 15.5. The summed E-state index contributed by atoms with van der Waals surface area (Å²) in [6.45, 7) is 0.594. The highest BCUT2D eigenvalue weighted by molar-refractivity contribution is 7.89. The van der Waals surface area contributed by atoms with E-state index in [9.17, 15) is 13.2 Å². The number of rotatable bonds is 5. The van der Waals surface area contributed by atoms with Crippen molar-refractivity contribution in [3.05, 3.63) is 35.0 Å². The normalized spacial score (nSPS) is 21.1. The van der Waals surface area contributed by atoms with Gasteiger partial charge in [0, 0.05) is 35.9 Å². The molecule has 0 radical (unpaired) electrons. The van der Waals surface area contributed by atoms with Gasteiger partial charge in [-0.1, -0.05) is 17.7 Å². The highest BCUT2D eigenvalue weighted by atomic mass is 35.5. The number of fused-ring (bicyclic) bond motifs is 1. The quantitative estimate of drug-likeness (QED) is 0.815. The van der Waals surface area contributed by atoms with Gasteiger partial charge in [-0.3, -0.25) is 4.79 Å². The number of sulfonamides is 1. The molecule has 1 amide bonds. The largest absolute Gasteiger partial charge is 0.379 e. The standard InChI is InChI=1S/C16H20ClN3O4S/c1-20(2)25(22,23)9-10-7-24-8-15(10)19-16(21)14-6-11-12(17)4-3-5-13(11)18-14/h3-6,10,15,18H,7-9H2,1-2H3,(H,19,21)/t10-,15+/m0/s1. The van der Waals surface area contributed by atoms with Gasteiger partial charge in [0.1, 0.15) is 5.69 Å². The first kappa shape index (κ1) is 18.2. The fourth-order valence-electron chi connectivity index (χ4n) is 2.83. The monoisotopic (exact) mass is 385 g/mol. The molecule has 2 atom stereocenters. The molecule has 2 aromatic rings. The molecule has 136 valence electrons. The predicted octanol–water partition coefficient (Wildman–Crippen LogP) is 1.46. The van der Waals surface area contributed by atoms with E-state index in [0.717, 1.165) is 10.9 Å². The van der Waals surface area contributed by atoms with Crippen molar-refractivity contribution in [1.82, 2.24) is 14.6 Å². The molecule has 1 aliphatic heterocycles. The lowest BCUT2D eigenvalue weighted by atomic mass is 10.1. The first-order chi connectivity index (χ1) is 11.8. The minimum absolute atomic E-state index is 0.0660. The topological polar surface area (TPSA) is 91.5 Å². The summed E-state index contributed by atoms with van der Waals surface area (Å²) >= 11 is 6.13. The molecule has 0 saturated carbocycles. The predicted molar refractivity (Wildman–Crippen MR) is 96.3 cm³/mol. The second-order valence-electron chi connectivity index (χ2n) is 6.32. The smallest absolute Gasteiger partial charge is 0.268 e. The molecule has 0 aliphatic carbocycles. The molecule has 7 nitrogen and oxygen atoms in total. The van der Waals surface area contributed by atoms with E-state index in [4.69, 9.17) is 16.3 Å². The lowest BCUT2D eigenvalue weighted by Crippen LogP contribution is -2.43. The number of carbonyl (C=O) groups is 1. The Kier molecular flexibility index (Phi) is 5.06. The summed E-state index contributed by atoms with van der Waals surface area (Å²) in [5, 5.41) is 4.20. The van der Waals surface area contributed by atoms with Crippen molar-refractivity contribution in [2.24, 2.45) is 5.92 Å². The van der Waals surface area contributed by atoms with E-state index in [0.29, 0.717) is 23.9 Å². The molecule has 9 heteroatoms. The molecule has 2 heterocycles. The van der Waals surface area contributed by atoms with Crippen LogP contribution in [0.4, 0.5) is 0 Å². The second-order valence-corrected chi connectivity index (χ2v) is 8.96. The fourth-order valence-corrected chi connectivity index (χ4v) is 4.23. The number of hydrogen-bond donors (Lipinski definition) is 2. The van der Waals surface area contributed by atoms with E-state index in [1.165, 1.54) is 18.4 Å². The lowest BCUT2D eigenvalue weighted by molar-refractivity contribution is 0.0922. The van der Waals surface area contributed by atoms with Crippen molar-refractivity contribution in [3.8, 4) is 0 Å². The van der Waals surface area contributed by atoms with Gasteiger partial charge in [-0.15, -0.1) is 0 Å². The summed E-state index contributed by atoms with van der Waals surface area (Å²) in [5.74, 6) is -0.664. The van der Waals surface area contributed by atoms with Crippen molar-refractivity contribution in [2.75, 3.05) is 33.1 Å². The van der Waals surface area contributed by atoms with Crippen LogP contribution < -0.4 is 5.32 Å². The number of hydrogen-bond acceptors (Lipinski definition) is 4. The van der Waals surface area contributed by atoms with E-state index < -0.39 is 10.0 Å². The number of nitrogens with zero attached hydrogens (tertiary/aromatic N) is 1. The molecule has 3 rings (SSSR count). The number of benzene rings is 1. The van der Waals surface area contributed by atoms with Crippen LogP contribution in [0, 0.1) is 5.92 Å². The lowest BCUT2D eigenvalue weighted by Gasteiger charge is -2.20. The SMILES string of the molecule is CN(C)S(=O)(=O)C[C@@H]1COC[C@H]1NC(=O)c1cc2c(Cl)cccc2[nH]1. The highest BCUT2D eigenvalue weighted by Gasteiger charge is 2.34. The van der Waals surface area contributed by atoms with E-state index in [2.05, 4.69) is 10.3 Å². The van der Waals surface area contributed by atoms with Gasteiger partial charge in [-0.05, 0) is 18.2 Å². The third-order valence-corrected chi connectivity index (χ3v) is 6.64. The van der Waals surface area contributed by atoms with Crippen LogP contribution in [0.2, 0.25) is 5.02 Å². The van der Waals surface area contributed by atoms with Gasteiger partial charge in [0.05, 0.1) is 25.0 Å². The average Bonchev–Trinajstić information content (AvgIpc) is 3.15. The maximum atomic E-state index is 12.5. The minimum atomic E-state index is -3.36. The summed E-state index contributed by atoms with van der Waals surface area (Å²) in [4.78, 5) is 15.6. The number of aromatic nitrogens is 1. The summed E-state index contributed by atoms with van der Waals surface area (Å²) in [5.41, 5.74) is 1.15. The van der Waals surface area contributed by atoms with Crippen LogP contribution in [0.25, 0.3) is 10.9 Å². The van der Waals surface area contributed by atoms with Gasteiger partial charge in [-0.25, -0.2) is 12.7 Å². The van der Waals surface area contributed by atoms with Crippen molar-refractivity contribution in [2.45, 2.75) is 6.04 Å². The molecule has 0 spiro atoms. The van der Waals surface area contributed by atoms with Crippen molar-refractivity contribution < 1.29 is 17.9 Å². The molecule has 1 aliphatic rings. The Morgan fingerprint density at radius 3 is 2.84 bits per heavy atom. The van der Waals surface area contributed by atoms with Gasteiger partial charge in [0.15, 0.2) is 0 Å². The Balaban J connectivity index is 1.74. The Bertz CT molecular complexity index is 894. The molecule has 2 N–H and O–H groups in total. The molecular formula is C16H20ClN3O4S. The summed E-state index contributed by atoms with van der Waals surface area (Å²) < 4.78 is 30.7. The van der Waals surface area contributed by atoms with E-state index in [1.54, 1.807) is 18.2 Å². The molecule has 25 heavy (non-hydrogen) atoms. The summed E-state index contributed by atoms with van der Waals surface area (Å²) in [6.07, 6.45) is 0. The zero-order chi connectivity index (χ0) is 18.2. The molecule has 0 unspecified atom stereocenters. The summed E-state index contributed by atoms with van der Waals surface area (Å²) in [7, 11) is -0.378. The zero-order valence-electron chi connectivity index (χ0n) is 14.0. The molecule has 1 saturated heterocycles. The third-order valence-electron chi connectivity index (χ3n) is 4.35. The molecule has 0 bridgehead atoms. The van der Waals surface area contributed by atoms with Gasteiger partial charge < -0.3 is 15.0 Å². The van der Waals surface area contributed by atoms with Gasteiger partial charge >= 0.3 is 0 Å². The Hall–Kier alpha value is -1.61. The maximum Gasteiger partial charge on any atom is 0.268 e. The van der Waals surface area contributed by atoms with Crippen molar-refractivity contribution in [3.63, 3.8) is 0 Å². The fraction of sp³-hybridized carbons (Fsp3) is 0.438. The number of amides is 1. The van der Waals surface area contributed by atoms with E-state index in [1.807, 2.05) is 6.07 Å². The number of aromatic amines is 1.